The van der Waals surface area contributed by atoms with Crippen LogP contribution in [0, 0.1) is 5.82 Å². The molecule has 1 aromatic rings. The Morgan fingerprint density at radius 2 is 2.33 bits per heavy atom. The zero-order chi connectivity index (χ0) is 15.2. The summed E-state index contributed by atoms with van der Waals surface area (Å²) in [6.45, 7) is 5.08. The molecule has 1 saturated heterocycles. The average Bonchev–Trinajstić information content (AvgIpc) is 3.00. The molecule has 0 spiro atoms. The van der Waals surface area contributed by atoms with Gasteiger partial charge in [0.1, 0.15) is 0 Å². The Morgan fingerprint density at radius 3 is 2.86 bits per heavy atom. The first kappa shape index (κ1) is 16.2. The van der Waals surface area contributed by atoms with Crippen LogP contribution >= 0.6 is 0 Å². The van der Waals surface area contributed by atoms with Crippen LogP contribution in [0.15, 0.2) is 18.2 Å². The molecule has 0 bridgehead atoms. The lowest BCUT2D eigenvalue weighted by molar-refractivity contribution is 0.0601. The van der Waals surface area contributed by atoms with Crippen LogP contribution in [0.3, 0.4) is 0 Å². The van der Waals surface area contributed by atoms with Gasteiger partial charge in [-0.1, -0.05) is 13.0 Å². The Labute approximate surface area is 126 Å². The monoisotopic (exact) mass is 296 g/mol. The number of hydrogen-bond donors (Lipinski definition) is 1. The van der Waals surface area contributed by atoms with Crippen molar-refractivity contribution >= 4 is 0 Å². The summed E-state index contributed by atoms with van der Waals surface area (Å²) < 4.78 is 24.6. The van der Waals surface area contributed by atoms with E-state index in [1.165, 1.54) is 13.2 Å². The van der Waals surface area contributed by atoms with Gasteiger partial charge in [0, 0.05) is 25.7 Å². The normalized spacial score (nSPS) is 20.0. The van der Waals surface area contributed by atoms with Crippen LogP contribution in [-0.2, 0) is 4.74 Å². The number of nitrogens with zero attached hydrogens (tertiary/aromatic N) is 1. The fourth-order valence-corrected chi connectivity index (χ4v) is 2.91. The van der Waals surface area contributed by atoms with Crippen LogP contribution < -0.4 is 10.5 Å². The molecule has 0 aliphatic carbocycles. The van der Waals surface area contributed by atoms with Gasteiger partial charge < -0.3 is 15.2 Å². The molecule has 1 aromatic carbocycles. The predicted molar refractivity (Wildman–Crippen MR) is 81.0 cm³/mol. The van der Waals surface area contributed by atoms with Crippen molar-refractivity contribution in [1.82, 2.24) is 4.90 Å². The lowest BCUT2D eigenvalue weighted by Gasteiger charge is -2.32. The maximum atomic E-state index is 13.9. The van der Waals surface area contributed by atoms with E-state index in [0.717, 1.165) is 38.1 Å². The van der Waals surface area contributed by atoms with Crippen LogP contribution in [0.25, 0.3) is 0 Å². The molecular formula is C16H25FN2O2. The molecule has 118 valence electrons. The van der Waals surface area contributed by atoms with E-state index in [0.29, 0.717) is 6.54 Å². The summed E-state index contributed by atoms with van der Waals surface area (Å²) in [5.74, 6) is -0.0849. The largest absolute Gasteiger partial charge is 0.494 e. The van der Waals surface area contributed by atoms with E-state index < -0.39 is 0 Å². The third-order valence-electron chi connectivity index (χ3n) is 4.09. The number of halogens is 1. The fraction of sp³-hybridized carbons (Fsp3) is 0.625. The molecule has 0 radical (unpaired) electrons. The van der Waals surface area contributed by atoms with Crippen LogP contribution in [0.4, 0.5) is 4.39 Å². The number of hydrogen-bond acceptors (Lipinski definition) is 4. The van der Waals surface area contributed by atoms with E-state index in [9.17, 15) is 4.39 Å². The summed E-state index contributed by atoms with van der Waals surface area (Å²) in [6, 6.07) is 5.07. The van der Waals surface area contributed by atoms with E-state index in [-0.39, 0.29) is 23.7 Å². The maximum absolute atomic E-state index is 13.9. The van der Waals surface area contributed by atoms with E-state index in [4.69, 9.17) is 15.2 Å². The first-order valence-electron chi connectivity index (χ1n) is 7.58. The molecule has 2 unspecified atom stereocenters. The highest BCUT2D eigenvalue weighted by atomic mass is 19.1. The standard InChI is InChI=1S/C16H25FN2O2/c1-3-19(11-13-5-4-8-21-13)15(10-18)12-6-7-16(20-2)14(17)9-12/h6-7,9,13,15H,3-5,8,10-11,18H2,1-2H3. The third kappa shape index (κ3) is 3.93. The Hall–Kier alpha value is -1.17. The summed E-state index contributed by atoms with van der Waals surface area (Å²) in [7, 11) is 1.47. The number of rotatable bonds is 7. The number of benzene rings is 1. The lowest BCUT2D eigenvalue weighted by Crippen LogP contribution is -2.38. The number of likely N-dealkylation sites (N-methyl/N-ethyl adjacent to an activating group) is 1. The zero-order valence-electron chi connectivity index (χ0n) is 12.8. The highest BCUT2D eigenvalue weighted by Gasteiger charge is 2.24. The molecular weight excluding hydrogens is 271 g/mol. The summed E-state index contributed by atoms with van der Waals surface area (Å²) in [4.78, 5) is 2.26. The molecule has 1 aliphatic heterocycles. The molecule has 2 atom stereocenters. The Kier molecular flexibility index (Phi) is 5.96. The average molecular weight is 296 g/mol. The number of methoxy groups -OCH3 is 1. The summed E-state index contributed by atoms with van der Waals surface area (Å²) in [6.07, 6.45) is 2.47. The molecule has 2 rings (SSSR count). The number of ether oxygens (including phenoxy) is 2. The van der Waals surface area contributed by atoms with Gasteiger partial charge in [0.15, 0.2) is 11.6 Å². The fourth-order valence-electron chi connectivity index (χ4n) is 2.91. The van der Waals surface area contributed by atoms with Gasteiger partial charge in [-0.3, -0.25) is 4.90 Å². The number of nitrogens with two attached hydrogens (primary N) is 1. The van der Waals surface area contributed by atoms with Crippen molar-refractivity contribution < 1.29 is 13.9 Å². The SMILES string of the molecule is CCN(CC1CCCO1)C(CN)c1ccc(OC)c(F)c1. The molecule has 21 heavy (non-hydrogen) atoms. The van der Waals surface area contributed by atoms with E-state index in [2.05, 4.69) is 11.8 Å². The van der Waals surface area contributed by atoms with Gasteiger partial charge in [-0.05, 0) is 37.1 Å². The molecule has 5 heteroatoms. The highest BCUT2D eigenvalue weighted by Crippen LogP contribution is 2.26. The van der Waals surface area contributed by atoms with Crippen molar-refractivity contribution in [2.45, 2.75) is 31.9 Å². The summed E-state index contributed by atoms with van der Waals surface area (Å²) in [5, 5.41) is 0. The maximum Gasteiger partial charge on any atom is 0.165 e. The highest BCUT2D eigenvalue weighted by molar-refractivity contribution is 5.31. The molecule has 0 saturated carbocycles. The second kappa shape index (κ2) is 7.73. The minimum Gasteiger partial charge on any atom is -0.494 e. The van der Waals surface area contributed by atoms with Crippen molar-refractivity contribution in [3.63, 3.8) is 0 Å². The topological polar surface area (TPSA) is 47.7 Å². The first-order chi connectivity index (χ1) is 10.2. The Balaban J connectivity index is 2.13. The van der Waals surface area contributed by atoms with Crippen molar-refractivity contribution in [2.75, 3.05) is 33.4 Å². The molecule has 0 aromatic heterocycles. The van der Waals surface area contributed by atoms with E-state index in [1.54, 1.807) is 6.07 Å². The van der Waals surface area contributed by atoms with Gasteiger partial charge >= 0.3 is 0 Å². The van der Waals surface area contributed by atoms with Crippen molar-refractivity contribution in [3.05, 3.63) is 29.6 Å². The van der Waals surface area contributed by atoms with Crippen LogP contribution in [0.2, 0.25) is 0 Å². The molecule has 2 N–H and O–H groups in total. The lowest BCUT2D eigenvalue weighted by atomic mass is 10.0. The Morgan fingerprint density at radius 1 is 1.52 bits per heavy atom. The summed E-state index contributed by atoms with van der Waals surface area (Å²) in [5.41, 5.74) is 6.82. The first-order valence-corrected chi connectivity index (χ1v) is 7.58. The second-order valence-electron chi connectivity index (χ2n) is 5.37. The summed E-state index contributed by atoms with van der Waals surface area (Å²) >= 11 is 0. The molecule has 4 nitrogen and oxygen atoms in total. The van der Waals surface area contributed by atoms with Crippen LogP contribution in [0.1, 0.15) is 31.4 Å². The molecule has 1 heterocycles. The predicted octanol–water partition coefficient (Wildman–Crippen LogP) is 2.33. The van der Waals surface area contributed by atoms with Crippen molar-refractivity contribution in [1.29, 1.82) is 0 Å². The molecule has 0 amide bonds. The van der Waals surface area contributed by atoms with Crippen LogP contribution in [-0.4, -0.2) is 44.4 Å². The smallest absolute Gasteiger partial charge is 0.165 e. The van der Waals surface area contributed by atoms with Gasteiger partial charge in [-0.25, -0.2) is 4.39 Å². The second-order valence-corrected chi connectivity index (χ2v) is 5.37. The van der Waals surface area contributed by atoms with Gasteiger partial charge in [0.25, 0.3) is 0 Å². The van der Waals surface area contributed by atoms with Crippen molar-refractivity contribution in [3.8, 4) is 5.75 Å². The zero-order valence-corrected chi connectivity index (χ0v) is 12.8. The van der Waals surface area contributed by atoms with E-state index >= 15 is 0 Å². The van der Waals surface area contributed by atoms with Gasteiger partial charge in [-0.15, -0.1) is 0 Å². The van der Waals surface area contributed by atoms with E-state index in [1.807, 2.05) is 6.07 Å². The van der Waals surface area contributed by atoms with Gasteiger partial charge in [0.05, 0.1) is 13.2 Å². The molecule has 1 aliphatic rings. The minimum atomic E-state index is -0.346. The molecule has 1 fully saturated rings. The quantitative estimate of drug-likeness (QED) is 0.839. The van der Waals surface area contributed by atoms with Gasteiger partial charge in [-0.2, -0.15) is 0 Å². The minimum absolute atomic E-state index is 0.000365. The Bertz CT molecular complexity index is 450. The van der Waals surface area contributed by atoms with Crippen molar-refractivity contribution in [2.24, 2.45) is 5.73 Å². The third-order valence-corrected chi connectivity index (χ3v) is 4.09. The van der Waals surface area contributed by atoms with Gasteiger partial charge in [0.2, 0.25) is 0 Å². The van der Waals surface area contributed by atoms with Crippen LogP contribution in [0.5, 0.6) is 5.75 Å².